The first kappa shape index (κ1) is 15.7. The van der Waals surface area contributed by atoms with E-state index in [1.54, 1.807) is 10.5 Å². The molecule has 1 atom stereocenters. The predicted octanol–water partition coefficient (Wildman–Crippen LogP) is 0.837. The van der Waals surface area contributed by atoms with Crippen LogP contribution < -0.4 is 5.32 Å². The van der Waals surface area contributed by atoms with Crippen LogP contribution >= 0.6 is 0 Å². The Morgan fingerprint density at radius 2 is 2.09 bits per heavy atom. The second-order valence-corrected chi connectivity index (χ2v) is 7.39. The summed E-state index contributed by atoms with van der Waals surface area (Å²) in [5.74, 6) is 0.758. The number of pyridine rings is 1. The maximum atomic E-state index is 12.9. The molecule has 7 nitrogen and oxygen atoms in total. The number of rotatable bonds is 4. The van der Waals surface area contributed by atoms with Gasteiger partial charge in [0.05, 0.1) is 19.3 Å². The minimum Gasteiger partial charge on any atom is -0.379 e. The van der Waals surface area contributed by atoms with Crippen LogP contribution in [0.4, 0.5) is 5.82 Å². The van der Waals surface area contributed by atoms with Crippen molar-refractivity contribution < 1.29 is 13.2 Å². The highest BCUT2D eigenvalue weighted by atomic mass is 32.2. The Labute approximate surface area is 131 Å². The zero-order chi connectivity index (χ0) is 15.6. The summed E-state index contributed by atoms with van der Waals surface area (Å²) in [6.45, 7) is 2.38. The summed E-state index contributed by atoms with van der Waals surface area (Å²) in [7, 11) is -1.62. The second kappa shape index (κ2) is 6.49. The molecule has 0 aliphatic carbocycles. The van der Waals surface area contributed by atoms with E-state index in [4.69, 9.17) is 4.74 Å². The number of ether oxygens (including phenoxy) is 1. The van der Waals surface area contributed by atoms with Gasteiger partial charge in [0.25, 0.3) is 10.2 Å². The van der Waals surface area contributed by atoms with E-state index in [-0.39, 0.29) is 6.04 Å². The summed E-state index contributed by atoms with van der Waals surface area (Å²) in [6.07, 6.45) is 3.45. The van der Waals surface area contributed by atoms with Gasteiger partial charge in [-0.05, 0) is 30.5 Å². The van der Waals surface area contributed by atoms with Crippen LogP contribution in [0.3, 0.4) is 0 Å². The van der Waals surface area contributed by atoms with Crippen LogP contribution in [0.2, 0.25) is 0 Å². The standard InChI is InChI=1S/C14H22N4O3S/c1-15-14-11-12(4-5-16-14)13-3-2-6-18(13)22(19,20)17-7-9-21-10-8-17/h4-5,11,13H,2-3,6-10H2,1H3,(H,15,16)/t13-/m0/s1. The average molecular weight is 326 g/mol. The number of morpholine rings is 1. The molecule has 1 aromatic heterocycles. The van der Waals surface area contributed by atoms with Gasteiger partial charge in [0.15, 0.2) is 0 Å². The van der Waals surface area contributed by atoms with Crippen molar-refractivity contribution in [3.63, 3.8) is 0 Å². The van der Waals surface area contributed by atoms with E-state index in [0.717, 1.165) is 24.2 Å². The lowest BCUT2D eigenvalue weighted by atomic mass is 10.1. The van der Waals surface area contributed by atoms with Crippen LogP contribution in [0.15, 0.2) is 18.3 Å². The topological polar surface area (TPSA) is 74.8 Å². The van der Waals surface area contributed by atoms with Crippen molar-refractivity contribution in [1.82, 2.24) is 13.6 Å². The van der Waals surface area contributed by atoms with E-state index >= 15 is 0 Å². The Kier molecular flexibility index (Phi) is 4.62. The summed E-state index contributed by atoms with van der Waals surface area (Å²) < 4.78 is 34.2. The maximum absolute atomic E-state index is 12.9. The Hall–Kier alpha value is -1.22. The molecule has 3 rings (SSSR count). The third-order valence-electron chi connectivity index (χ3n) is 4.22. The fourth-order valence-corrected chi connectivity index (χ4v) is 4.88. The van der Waals surface area contributed by atoms with E-state index in [0.29, 0.717) is 32.8 Å². The molecule has 2 aliphatic heterocycles. The number of hydrogen-bond donors (Lipinski definition) is 1. The van der Waals surface area contributed by atoms with E-state index in [9.17, 15) is 8.42 Å². The number of nitrogens with zero attached hydrogens (tertiary/aromatic N) is 3. The minimum absolute atomic E-state index is 0.108. The van der Waals surface area contributed by atoms with Crippen molar-refractivity contribution in [1.29, 1.82) is 0 Å². The molecule has 8 heteroatoms. The van der Waals surface area contributed by atoms with Gasteiger partial charge in [0.1, 0.15) is 5.82 Å². The first-order valence-corrected chi connectivity index (χ1v) is 9.01. The fraction of sp³-hybridized carbons (Fsp3) is 0.643. The number of hydrogen-bond acceptors (Lipinski definition) is 5. The van der Waals surface area contributed by atoms with Crippen LogP contribution in [-0.2, 0) is 14.9 Å². The zero-order valence-electron chi connectivity index (χ0n) is 12.7. The Balaban J connectivity index is 1.85. The SMILES string of the molecule is CNc1cc([C@@H]2CCCN2S(=O)(=O)N2CCOCC2)ccn1. The average Bonchev–Trinajstić information content (AvgIpc) is 3.06. The third-order valence-corrected chi connectivity index (χ3v) is 6.27. The van der Waals surface area contributed by atoms with Crippen molar-refractivity contribution in [3.05, 3.63) is 23.9 Å². The maximum Gasteiger partial charge on any atom is 0.282 e. The molecule has 122 valence electrons. The summed E-state index contributed by atoms with van der Waals surface area (Å²) in [5.41, 5.74) is 0.994. The lowest BCUT2D eigenvalue weighted by Crippen LogP contribution is -2.48. The van der Waals surface area contributed by atoms with Gasteiger partial charge < -0.3 is 10.1 Å². The molecule has 22 heavy (non-hydrogen) atoms. The van der Waals surface area contributed by atoms with Gasteiger partial charge in [-0.25, -0.2) is 4.98 Å². The molecule has 1 aromatic rings. The van der Waals surface area contributed by atoms with Crippen LogP contribution in [0, 0.1) is 0 Å². The molecule has 2 fully saturated rings. The summed E-state index contributed by atoms with van der Waals surface area (Å²) in [4.78, 5) is 4.20. The van der Waals surface area contributed by atoms with Crippen molar-refractivity contribution in [2.24, 2.45) is 0 Å². The van der Waals surface area contributed by atoms with Gasteiger partial charge in [0, 0.05) is 32.9 Å². The van der Waals surface area contributed by atoms with Gasteiger partial charge in [0.2, 0.25) is 0 Å². The second-order valence-electron chi connectivity index (χ2n) is 5.51. The normalized spacial score (nSPS) is 24.5. The molecule has 0 unspecified atom stereocenters. The molecular formula is C14H22N4O3S. The molecule has 0 spiro atoms. The van der Waals surface area contributed by atoms with Crippen molar-refractivity contribution in [3.8, 4) is 0 Å². The van der Waals surface area contributed by atoms with Crippen molar-refractivity contribution >= 4 is 16.0 Å². The van der Waals surface area contributed by atoms with Crippen LogP contribution in [0.1, 0.15) is 24.4 Å². The Morgan fingerprint density at radius 1 is 1.32 bits per heavy atom. The predicted molar refractivity (Wildman–Crippen MR) is 83.8 cm³/mol. The van der Waals surface area contributed by atoms with E-state index in [2.05, 4.69) is 10.3 Å². The summed E-state index contributed by atoms with van der Waals surface area (Å²) >= 11 is 0. The van der Waals surface area contributed by atoms with Crippen LogP contribution in [0.5, 0.6) is 0 Å². The lowest BCUT2D eigenvalue weighted by molar-refractivity contribution is 0.0699. The van der Waals surface area contributed by atoms with Crippen molar-refractivity contribution in [2.45, 2.75) is 18.9 Å². The molecule has 0 bridgehead atoms. The Bertz CT molecular complexity index is 616. The number of nitrogens with one attached hydrogen (secondary N) is 1. The first-order chi connectivity index (χ1) is 10.6. The zero-order valence-corrected chi connectivity index (χ0v) is 13.6. The van der Waals surface area contributed by atoms with Gasteiger partial charge in [-0.2, -0.15) is 17.0 Å². The summed E-state index contributed by atoms with van der Waals surface area (Å²) in [5, 5.41) is 3.00. The van der Waals surface area contributed by atoms with Crippen LogP contribution in [0.25, 0.3) is 0 Å². The van der Waals surface area contributed by atoms with Gasteiger partial charge in [-0.1, -0.05) is 0 Å². The third kappa shape index (κ3) is 2.96. The highest BCUT2D eigenvalue weighted by molar-refractivity contribution is 7.86. The largest absolute Gasteiger partial charge is 0.379 e. The summed E-state index contributed by atoms with van der Waals surface area (Å²) in [6, 6.07) is 3.72. The van der Waals surface area contributed by atoms with E-state index in [1.165, 1.54) is 4.31 Å². The van der Waals surface area contributed by atoms with Crippen LogP contribution in [-0.4, -0.2) is 61.9 Å². The lowest BCUT2D eigenvalue weighted by Gasteiger charge is -2.33. The molecule has 2 aliphatic rings. The number of aromatic nitrogens is 1. The minimum atomic E-state index is -3.43. The highest BCUT2D eigenvalue weighted by Gasteiger charge is 2.39. The number of anilines is 1. The van der Waals surface area contributed by atoms with Gasteiger partial charge >= 0.3 is 0 Å². The molecule has 0 amide bonds. The van der Waals surface area contributed by atoms with E-state index in [1.807, 2.05) is 19.2 Å². The highest BCUT2D eigenvalue weighted by Crippen LogP contribution is 2.35. The molecule has 2 saturated heterocycles. The fourth-order valence-electron chi connectivity index (χ4n) is 3.07. The monoisotopic (exact) mass is 326 g/mol. The molecule has 0 saturated carbocycles. The molecular weight excluding hydrogens is 304 g/mol. The Morgan fingerprint density at radius 3 is 2.82 bits per heavy atom. The van der Waals surface area contributed by atoms with Crippen molar-refractivity contribution in [2.75, 3.05) is 45.2 Å². The molecule has 0 aromatic carbocycles. The van der Waals surface area contributed by atoms with E-state index < -0.39 is 10.2 Å². The first-order valence-electron chi connectivity index (χ1n) is 7.61. The van der Waals surface area contributed by atoms with Gasteiger partial charge in [-0.3, -0.25) is 0 Å². The quantitative estimate of drug-likeness (QED) is 0.887. The smallest absolute Gasteiger partial charge is 0.282 e. The molecule has 3 heterocycles. The molecule has 1 N–H and O–H groups in total. The molecule has 0 radical (unpaired) electrons. The van der Waals surface area contributed by atoms with Gasteiger partial charge in [-0.15, -0.1) is 0 Å².